The minimum Gasteiger partial charge on any atom is -0.468 e. The highest BCUT2D eigenvalue weighted by atomic mass is 35.5. The summed E-state index contributed by atoms with van der Waals surface area (Å²) in [5.41, 5.74) is 0. The summed E-state index contributed by atoms with van der Waals surface area (Å²) in [6.07, 6.45) is 0. The van der Waals surface area contributed by atoms with Gasteiger partial charge in [-0.15, -0.1) is 23.2 Å². The normalized spacial score (nSPS) is 29.7. The largest absolute Gasteiger partial charge is 0.468 e. The fourth-order valence-electron chi connectivity index (χ4n) is 1.88. The second kappa shape index (κ2) is 7.01. The van der Waals surface area contributed by atoms with Gasteiger partial charge in [0.1, 0.15) is 6.04 Å². The van der Waals surface area contributed by atoms with Gasteiger partial charge in [0.15, 0.2) is 0 Å². The number of alkyl halides is 2. The van der Waals surface area contributed by atoms with Gasteiger partial charge in [0.2, 0.25) is 0 Å². The highest BCUT2D eigenvalue weighted by Crippen LogP contribution is 2.68. The fourth-order valence-corrected chi connectivity index (χ4v) is 8.86. The second-order valence-electron chi connectivity index (χ2n) is 4.63. The maximum atomic E-state index is 13.0. The average Bonchev–Trinajstić information content (AvgIpc) is 2.59. The molecule has 1 N–H and O–H groups in total. The number of ether oxygens (including phenoxy) is 1. The van der Waals surface area contributed by atoms with Gasteiger partial charge in [-0.2, -0.15) is 0 Å². The minimum absolute atomic E-state index is 0.354. The molecule has 1 saturated heterocycles. The standard InChI is InChI=1S/C10H19Cl2N2O3PS/c1-10(2)8(9(15)17-3)13-18(16,19-10)14(6-4-11)7-5-12/h8H,4-7H2,1-3H3,(H,13,16). The fraction of sp³-hybridized carbons (Fsp3) is 0.900. The van der Waals surface area contributed by atoms with Crippen LogP contribution < -0.4 is 5.09 Å². The van der Waals surface area contributed by atoms with Gasteiger partial charge in [0, 0.05) is 29.6 Å². The van der Waals surface area contributed by atoms with E-state index < -0.39 is 23.4 Å². The highest BCUT2D eigenvalue weighted by molar-refractivity contribution is 8.57. The summed E-state index contributed by atoms with van der Waals surface area (Å²) in [5.74, 6) is 0.297. The van der Waals surface area contributed by atoms with Crippen LogP contribution in [0.5, 0.6) is 0 Å². The Morgan fingerprint density at radius 2 is 1.95 bits per heavy atom. The second-order valence-corrected chi connectivity index (χ2v) is 10.5. The molecule has 1 fully saturated rings. The lowest BCUT2D eigenvalue weighted by atomic mass is 10.1. The molecule has 1 heterocycles. The smallest absolute Gasteiger partial charge is 0.324 e. The number of carbonyl (C=O) groups is 1. The molecule has 5 nitrogen and oxygen atoms in total. The minimum atomic E-state index is -2.93. The maximum Gasteiger partial charge on any atom is 0.324 e. The Balaban J connectivity index is 2.95. The van der Waals surface area contributed by atoms with Crippen molar-refractivity contribution in [3.8, 4) is 0 Å². The molecule has 2 unspecified atom stereocenters. The zero-order chi connectivity index (χ0) is 14.7. The van der Waals surface area contributed by atoms with Crippen molar-refractivity contribution in [1.29, 1.82) is 0 Å². The monoisotopic (exact) mass is 348 g/mol. The lowest BCUT2D eigenvalue weighted by molar-refractivity contribution is -0.143. The lowest BCUT2D eigenvalue weighted by Crippen LogP contribution is -2.44. The van der Waals surface area contributed by atoms with Gasteiger partial charge in [-0.05, 0) is 13.8 Å². The number of hydrogen-bond donors (Lipinski definition) is 1. The molecule has 1 aliphatic heterocycles. The predicted octanol–water partition coefficient (Wildman–Crippen LogP) is 2.53. The highest BCUT2D eigenvalue weighted by Gasteiger charge is 2.53. The molecule has 9 heteroatoms. The van der Waals surface area contributed by atoms with Crippen molar-refractivity contribution in [3.05, 3.63) is 0 Å². The summed E-state index contributed by atoms with van der Waals surface area (Å²) < 4.78 is 19.0. The molecular formula is C10H19Cl2N2O3PS. The van der Waals surface area contributed by atoms with E-state index in [1.807, 2.05) is 13.8 Å². The van der Waals surface area contributed by atoms with Gasteiger partial charge in [0.05, 0.1) is 7.11 Å². The molecule has 0 aromatic rings. The van der Waals surface area contributed by atoms with Crippen molar-refractivity contribution < 1.29 is 14.1 Å². The van der Waals surface area contributed by atoms with E-state index in [0.29, 0.717) is 24.8 Å². The maximum absolute atomic E-state index is 13.0. The zero-order valence-corrected chi connectivity index (χ0v) is 14.4. The quantitative estimate of drug-likeness (QED) is 0.452. The molecule has 2 atom stereocenters. The van der Waals surface area contributed by atoms with Crippen molar-refractivity contribution >= 4 is 47.2 Å². The van der Waals surface area contributed by atoms with Crippen LogP contribution >= 0.6 is 41.2 Å². The number of nitrogens with zero attached hydrogens (tertiary/aromatic N) is 1. The Bertz CT molecular complexity index is 378. The van der Waals surface area contributed by atoms with E-state index in [2.05, 4.69) is 5.09 Å². The molecule has 19 heavy (non-hydrogen) atoms. The summed E-state index contributed by atoms with van der Waals surface area (Å²) in [4.78, 5) is 11.8. The number of nitrogens with one attached hydrogen (secondary N) is 1. The number of rotatable bonds is 6. The van der Waals surface area contributed by atoms with Crippen LogP contribution in [0.15, 0.2) is 0 Å². The van der Waals surface area contributed by atoms with Crippen LogP contribution in [-0.4, -0.2) is 53.4 Å². The number of hydrogen-bond acceptors (Lipinski definition) is 4. The van der Waals surface area contributed by atoms with E-state index in [1.54, 1.807) is 4.67 Å². The van der Waals surface area contributed by atoms with E-state index in [9.17, 15) is 9.36 Å². The average molecular weight is 349 g/mol. The van der Waals surface area contributed by atoms with E-state index in [0.717, 1.165) is 0 Å². The van der Waals surface area contributed by atoms with Gasteiger partial charge in [-0.25, -0.2) is 9.76 Å². The van der Waals surface area contributed by atoms with Gasteiger partial charge in [-0.1, -0.05) is 11.4 Å². The third-order valence-corrected chi connectivity index (χ3v) is 9.03. The van der Waals surface area contributed by atoms with Crippen LogP contribution in [0.3, 0.4) is 0 Å². The Hall–Kier alpha value is 0.550. The molecule has 1 rings (SSSR count). The summed E-state index contributed by atoms with van der Waals surface area (Å²) in [7, 11) is 1.32. The number of esters is 1. The molecule has 0 aromatic carbocycles. The number of carbonyl (C=O) groups excluding carboxylic acids is 1. The Kier molecular flexibility index (Phi) is 6.49. The number of halogens is 2. The Morgan fingerprint density at radius 3 is 2.37 bits per heavy atom. The van der Waals surface area contributed by atoms with Crippen LogP contribution in [0, 0.1) is 0 Å². The number of methoxy groups -OCH3 is 1. The van der Waals surface area contributed by atoms with Gasteiger partial charge < -0.3 is 4.74 Å². The van der Waals surface area contributed by atoms with Crippen LogP contribution in [-0.2, 0) is 14.1 Å². The summed E-state index contributed by atoms with van der Waals surface area (Å²) in [6.45, 7) is 1.71. The van der Waals surface area contributed by atoms with Crippen LogP contribution in [0.25, 0.3) is 0 Å². The summed E-state index contributed by atoms with van der Waals surface area (Å²) in [5, 5.41) is 2.93. The van der Waals surface area contributed by atoms with E-state index in [-0.39, 0.29) is 0 Å². The van der Waals surface area contributed by atoms with Gasteiger partial charge in [-0.3, -0.25) is 9.36 Å². The molecule has 0 radical (unpaired) electrons. The topological polar surface area (TPSA) is 58.6 Å². The molecule has 0 aromatic heterocycles. The first kappa shape index (κ1) is 17.6. The molecule has 0 saturated carbocycles. The third-order valence-electron chi connectivity index (χ3n) is 2.84. The Labute approximate surface area is 127 Å². The molecule has 0 bridgehead atoms. The Morgan fingerprint density at radius 1 is 1.42 bits per heavy atom. The van der Waals surface area contributed by atoms with E-state index >= 15 is 0 Å². The first-order chi connectivity index (χ1) is 8.80. The SMILES string of the molecule is COC(=O)C1NP(=O)(N(CCCl)CCCl)SC1(C)C. The van der Waals surface area contributed by atoms with Crippen molar-refractivity contribution in [3.63, 3.8) is 0 Å². The van der Waals surface area contributed by atoms with Crippen molar-refractivity contribution in [2.24, 2.45) is 0 Å². The van der Waals surface area contributed by atoms with Crippen molar-refractivity contribution in [2.45, 2.75) is 24.6 Å². The van der Waals surface area contributed by atoms with Crippen LogP contribution in [0.1, 0.15) is 13.8 Å². The van der Waals surface area contributed by atoms with Crippen molar-refractivity contribution in [2.75, 3.05) is 32.0 Å². The molecule has 112 valence electrons. The van der Waals surface area contributed by atoms with E-state index in [4.69, 9.17) is 27.9 Å². The predicted molar refractivity (Wildman–Crippen MR) is 81.2 cm³/mol. The third kappa shape index (κ3) is 4.02. The van der Waals surface area contributed by atoms with Crippen molar-refractivity contribution in [1.82, 2.24) is 9.76 Å². The summed E-state index contributed by atoms with van der Waals surface area (Å²) in [6, 6.07) is -0.610. The van der Waals surface area contributed by atoms with Gasteiger partial charge >= 0.3 is 5.97 Å². The molecular weight excluding hydrogens is 330 g/mol. The molecule has 0 aliphatic carbocycles. The molecule has 0 amide bonds. The van der Waals surface area contributed by atoms with E-state index in [1.165, 1.54) is 18.5 Å². The van der Waals surface area contributed by atoms with Gasteiger partial charge in [0.25, 0.3) is 6.65 Å². The first-order valence-electron chi connectivity index (χ1n) is 5.84. The molecule has 0 spiro atoms. The molecule has 1 aliphatic rings. The van der Waals surface area contributed by atoms with Crippen LogP contribution in [0.4, 0.5) is 0 Å². The lowest BCUT2D eigenvalue weighted by Gasteiger charge is -2.27. The van der Waals surface area contributed by atoms with Crippen LogP contribution in [0.2, 0.25) is 0 Å². The summed E-state index contributed by atoms with van der Waals surface area (Å²) >= 11 is 12.7. The first-order valence-corrected chi connectivity index (χ1v) is 9.99. The zero-order valence-electron chi connectivity index (χ0n) is 11.2.